The number of para-hydroxylation sites is 1. The number of rotatable bonds is 7. The number of nitrogens with zero attached hydrogens (tertiary/aromatic N) is 3. The molecule has 0 spiro atoms. The number of aryl methyl sites for hydroxylation is 2. The van der Waals surface area contributed by atoms with Crippen molar-refractivity contribution in [3.63, 3.8) is 0 Å². The van der Waals surface area contributed by atoms with E-state index >= 15 is 0 Å². The zero-order valence-electron chi connectivity index (χ0n) is 16.8. The summed E-state index contributed by atoms with van der Waals surface area (Å²) in [6, 6.07) is 6.85. The average Bonchev–Trinajstić information content (AvgIpc) is 3.01. The largest absolute Gasteiger partial charge is 0.368 e. The van der Waals surface area contributed by atoms with Crippen LogP contribution in [0.5, 0.6) is 0 Å². The van der Waals surface area contributed by atoms with Crippen LogP contribution in [0.3, 0.4) is 0 Å². The molecule has 9 nitrogen and oxygen atoms in total. The van der Waals surface area contributed by atoms with Gasteiger partial charge in [0.1, 0.15) is 23.2 Å². The summed E-state index contributed by atoms with van der Waals surface area (Å²) in [4.78, 5) is 33.3. The monoisotopic (exact) mass is 396 g/mol. The second-order valence-corrected chi connectivity index (χ2v) is 7.16. The highest BCUT2D eigenvalue weighted by molar-refractivity contribution is 5.96. The smallest absolute Gasteiger partial charge is 0.257 e. The highest BCUT2D eigenvalue weighted by atomic mass is 16.5. The molecule has 0 saturated carbocycles. The second kappa shape index (κ2) is 8.26. The number of hydrogen-bond donors (Lipinski definition) is 3. The molecule has 0 unspecified atom stereocenters. The lowest BCUT2D eigenvalue weighted by molar-refractivity contribution is -0.119. The van der Waals surface area contributed by atoms with Crippen molar-refractivity contribution in [2.45, 2.75) is 40.3 Å². The van der Waals surface area contributed by atoms with Crippen LogP contribution < -0.4 is 16.4 Å². The summed E-state index contributed by atoms with van der Waals surface area (Å²) in [7, 11) is 0. The topological polar surface area (TPSA) is 136 Å². The van der Waals surface area contributed by atoms with Crippen LogP contribution in [0, 0.1) is 19.8 Å². The highest BCUT2D eigenvalue weighted by Gasteiger charge is 2.22. The Balaban J connectivity index is 1.89. The van der Waals surface area contributed by atoms with Crippen molar-refractivity contribution in [3.05, 3.63) is 47.1 Å². The number of nitrogens with one attached hydrogen (secondary N) is 2. The van der Waals surface area contributed by atoms with Gasteiger partial charge in [0.05, 0.1) is 17.8 Å². The standard InChI is InChI=1S/C20H24N6O3/c1-10(2)17(18(21)27)25-19-13-7-5-6-8-14(13)23-15(24-19)9-22-20(28)16-11(3)26-29-12(16)4/h5-8,10,17H,9H2,1-4H3,(H2,21,27)(H,22,28)(H,23,24,25)/t17-/m0/s1. The fourth-order valence-electron chi connectivity index (χ4n) is 3.08. The summed E-state index contributed by atoms with van der Waals surface area (Å²) in [6.45, 7) is 7.29. The Morgan fingerprint density at radius 1 is 1.17 bits per heavy atom. The van der Waals surface area contributed by atoms with Crippen molar-refractivity contribution in [2.75, 3.05) is 5.32 Å². The van der Waals surface area contributed by atoms with Crippen LogP contribution in [-0.2, 0) is 11.3 Å². The number of aromatic nitrogens is 3. The Bertz CT molecular complexity index is 1040. The first-order valence-corrected chi connectivity index (χ1v) is 9.30. The van der Waals surface area contributed by atoms with E-state index in [0.717, 1.165) is 5.39 Å². The molecule has 1 atom stereocenters. The molecule has 9 heteroatoms. The Morgan fingerprint density at radius 2 is 1.90 bits per heavy atom. The quantitative estimate of drug-likeness (QED) is 0.556. The molecule has 152 valence electrons. The van der Waals surface area contributed by atoms with Gasteiger partial charge in [0, 0.05) is 5.39 Å². The number of fused-ring (bicyclic) bond motifs is 1. The molecule has 1 aromatic carbocycles. The van der Waals surface area contributed by atoms with Crippen molar-refractivity contribution < 1.29 is 14.1 Å². The van der Waals surface area contributed by atoms with Gasteiger partial charge in [-0.15, -0.1) is 0 Å². The number of carbonyl (C=O) groups excluding carboxylic acids is 2. The molecule has 3 rings (SSSR count). The average molecular weight is 396 g/mol. The Kier molecular flexibility index (Phi) is 5.76. The normalized spacial score (nSPS) is 12.2. The molecule has 3 aromatic rings. The van der Waals surface area contributed by atoms with Crippen LogP contribution in [0.1, 0.15) is 41.5 Å². The van der Waals surface area contributed by atoms with Crippen LogP contribution in [-0.4, -0.2) is 33.0 Å². The molecule has 0 aliphatic rings. The SMILES string of the molecule is Cc1noc(C)c1C(=O)NCc1nc(N[C@H](C(N)=O)C(C)C)c2ccccc2n1. The molecule has 0 aliphatic carbocycles. The van der Waals surface area contributed by atoms with Gasteiger partial charge in [0.2, 0.25) is 5.91 Å². The van der Waals surface area contributed by atoms with E-state index in [2.05, 4.69) is 25.8 Å². The minimum atomic E-state index is -0.585. The molecule has 2 aromatic heterocycles. The molecule has 0 saturated heterocycles. The zero-order chi connectivity index (χ0) is 21.1. The summed E-state index contributed by atoms with van der Waals surface area (Å²) in [6.07, 6.45) is 0. The first-order valence-electron chi connectivity index (χ1n) is 9.30. The predicted molar refractivity (Wildman–Crippen MR) is 108 cm³/mol. The van der Waals surface area contributed by atoms with Crippen molar-refractivity contribution in [2.24, 2.45) is 11.7 Å². The summed E-state index contributed by atoms with van der Waals surface area (Å²) in [5.41, 5.74) is 7.14. The summed E-state index contributed by atoms with van der Waals surface area (Å²) < 4.78 is 5.04. The van der Waals surface area contributed by atoms with Crippen molar-refractivity contribution >= 4 is 28.5 Å². The van der Waals surface area contributed by atoms with Crippen LogP contribution in [0.15, 0.2) is 28.8 Å². The molecule has 2 amide bonds. The fraction of sp³-hybridized carbons (Fsp3) is 0.350. The first kappa shape index (κ1) is 20.2. The second-order valence-electron chi connectivity index (χ2n) is 7.16. The van der Waals surface area contributed by atoms with Gasteiger partial charge in [-0.2, -0.15) is 0 Å². The van der Waals surface area contributed by atoms with E-state index in [1.807, 2.05) is 38.1 Å². The Hall–Kier alpha value is -3.49. The molecule has 0 aliphatic heterocycles. The van der Waals surface area contributed by atoms with E-state index < -0.39 is 11.9 Å². The van der Waals surface area contributed by atoms with Gasteiger partial charge < -0.3 is 20.9 Å². The van der Waals surface area contributed by atoms with Crippen molar-refractivity contribution in [1.29, 1.82) is 0 Å². The highest BCUT2D eigenvalue weighted by Crippen LogP contribution is 2.22. The minimum absolute atomic E-state index is 0.0241. The molecular formula is C20H24N6O3. The predicted octanol–water partition coefficient (Wildman–Crippen LogP) is 2.09. The zero-order valence-corrected chi connectivity index (χ0v) is 16.8. The van der Waals surface area contributed by atoms with E-state index in [1.54, 1.807) is 13.8 Å². The van der Waals surface area contributed by atoms with E-state index in [4.69, 9.17) is 10.3 Å². The maximum Gasteiger partial charge on any atom is 0.257 e. The number of nitrogens with two attached hydrogens (primary N) is 1. The Morgan fingerprint density at radius 3 is 2.52 bits per heavy atom. The number of hydrogen-bond acceptors (Lipinski definition) is 7. The van der Waals surface area contributed by atoms with Crippen LogP contribution >= 0.6 is 0 Å². The number of anilines is 1. The first-order chi connectivity index (χ1) is 13.8. The number of benzene rings is 1. The van der Waals surface area contributed by atoms with Gasteiger partial charge in [0.15, 0.2) is 5.82 Å². The van der Waals surface area contributed by atoms with Crippen LogP contribution in [0.25, 0.3) is 10.9 Å². The van der Waals surface area contributed by atoms with Crippen molar-refractivity contribution in [1.82, 2.24) is 20.4 Å². The summed E-state index contributed by atoms with van der Waals surface area (Å²) in [5, 5.41) is 10.5. The van der Waals surface area contributed by atoms with Gasteiger partial charge in [-0.3, -0.25) is 9.59 Å². The number of amides is 2. The fourth-order valence-corrected chi connectivity index (χ4v) is 3.08. The maximum absolute atomic E-state index is 12.5. The molecule has 4 N–H and O–H groups in total. The summed E-state index contributed by atoms with van der Waals surface area (Å²) >= 11 is 0. The van der Waals surface area contributed by atoms with Gasteiger partial charge in [-0.1, -0.05) is 31.1 Å². The van der Waals surface area contributed by atoms with E-state index in [0.29, 0.717) is 34.2 Å². The third-order valence-corrected chi connectivity index (χ3v) is 4.58. The van der Waals surface area contributed by atoms with Gasteiger partial charge in [-0.05, 0) is 31.9 Å². The van der Waals surface area contributed by atoms with Gasteiger partial charge in [0.25, 0.3) is 5.91 Å². The van der Waals surface area contributed by atoms with E-state index in [9.17, 15) is 9.59 Å². The molecular weight excluding hydrogens is 372 g/mol. The number of carbonyl (C=O) groups is 2. The lowest BCUT2D eigenvalue weighted by Crippen LogP contribution is -2.40. The third-order valence-electron chi connectivity index (χ3n) is 4.58. The van der Waals surface area contributed by atoms with Crippen molar-refractivity contribution in [3.8, 4) is 0 Å². The molecule has 29 heavy (non-hydrogen) atoms. The minimum Gasteiger partial charge on any atom is -0.368 e. The molecule has 0 bridgehead atoms. The molecule has 2 heterocycles. The van der Waals surface area contributed by atoms with E-state index in [1.165, 1.54) is 0 Å². The van der Waals surface area contributed by atoms with E-state index in [-0.39, 0.29) is 18.4 Å². The Labute approximate surface area is 168 Å². The lowest BCUT2D eigenvalue weighted by Gasteiger charge is -2.21. The van der Waals surface area contributed by atoms with Gasteiger partial charge in [-0.25, -0.2) is 9.97 Å². The van der Waals surface area contributed by atoms with Crippen LogP contribution in [0.4, 0.5) is 5.82 Å². The molecule has 0 fully saturated rings. The van der Waals surface area contributed by atoms with Gasteiger partial charge >= 0.3 is 0 Å². The molecule has 0 radical (unpaired) electrons. The van der Waals surface area contributed by atoms with Crippen LogP contribution in [0.2, 0.25) is 0 Å². The third kappa shape index (κ3) is 4.34. The summed E-state index contributed by atoms with van der Waals surface area (Å²) in [5.74, 6) is 0.542. The maximum atomic E-state index is 12.5. The number of primary amides is 1. The lowest BCUT2D eigenvalue weighted by atomic mass is 10.0.